The molecule has 0 fully saturated rings. The van der Waals surface area contributed by atoms with Gasteiger partial charge in [-0.2, -0.15) is 0 Å². The molecule has 3 N–H and O–H groups in total. The Labute approximate surface area is 213 Å². The summed E-state index contributed by atoms with van der Waals surface area (Å²) < 4.78 is 1.41. The fraction of sp³-hybridized carbons (Fsp3) is 0.185. The van der Waals surface area contributed by atoms with Crippen LogP contribution in [0.5, 0.6) is 0 Å². The summed E-state index contributed by atoms with van der Waals surface area (Å²) in [7, 11) is 1.63. The first-order valence-corrected chi connectivity index (χ1v) is 12.0. The summed E-state index contributed by atoms with van der Waals surface area (Å²) in [6.45, 7) is 0.603. The van der Waals surface area contributed by atoms with E-state index in [1.165, 1.54) is 9.47 Å². The molecule has 36 heavy (non-hydrogen) atoms. The first-order valence-electron chi connectivity index (χ1n) is 11.6. The molecule has 9 heteroatoms. The molecule has 0 unspecified atom stereocenters. The Kier molecular flexibility index (Phi) is 6.54. The number of carbonyl (C=O) groups is 1. The summed E-state index contributed by atoms with van der Waals surface area (Å²) in [5, 5.41) is 3.72. The van der Waals surface area contributed by atoms with Crippen LogP contribution in [0.4, 0.5) is 11.6 Å². The molecule has 182 valence electrons. The number of fused-ring (bicyclic) bond motifs is 1. The molecular weight excluding hydrogens is 476 g/mol. The van der Waals surface area contributed by atoms with E-state index >= 15 is 0 Å². The molecule has 8 nitrogen and oxygen atoms in total. The molecule has 0 saturated heterocycles. The van der Waals surface area contributed by atoms with Gasteiger partial charge in [0.05, 0.1) is 6.54 Å². The van der Waals surface area contributed by atoms with Crippen LogP contribution < -0.4 is 21.5 Å². The van der Waals surface area contributed by atoms with Crippen LogP contribution in [0.2, 0.25) is 5.02 Å². The van der Waals surface area contributed by atoms with Crippen LogP contribution >= 0.6 is 11.6 Å². The van der Waals surface area contributed by atoms with E-state index in [1.807, 2.05) is 30.3 Å². The highest BCUT2D eigenvalue weighted by Gasteiger charge is 2.34. The quantitative estimate of drug-likeness (QED) is 0.401. The van der Waals surface area contributed by atoms with Crippen molar-refractivity contribution >= 4 is 29.1 Å². The maximum absolute atomic E-state index is 13.7. The molecule has 0 saturated carbocycles. The second kappa shape index (κ2) is 9.93. The van der Waals surface area contributed by atoms with E-state index in [4.69, 9.17) is 22.3 Å². The topological polar surface area (TPSA) is 106 Å². The van der Waals surface area contributed by atoms with Crippen molar-refractivity contribution in [1.82, 2.24) is 14.5 Å². The molecule has 1 amide bonds. The summed E-state index contributed by atoms with van der Waals surface area (Å²) in [6, 6.07) is 18.5. The standard InChI is InChI=1S/C27H25ClN6O2/c1-33-26(36)24(34-16-21-20(25(34)35)8-5-9-22(21)28)23(18-10-12-30-13-11-18)32-27(33)31-15-19(29)14-17-6-3-2-4-7-17/h2-13,19H,14-16,29H2,1H3,(H,31,32)/t19-/m1/s1. The lowest BCUT2D eigenvalue weighted by Gasteiger charge is -2.22. The molecule has 2 aromatic carbocycles. The molecule has 0 spiro atoms. The van der Waals surface area contributed by atoms with Crippen LogP contribution in [0.1, 0.15) is 21.5 Å². The van der Waals surface area contributed by atoms with Gasteiger partial charge in [0.25, 0.3) is 11.5 Å². The minimum atomic E-state index is -0.353. The lowest BCUT2D eigenvalue weighted by atomic mass is 10.1. The van der Waals surface area contributed by atoms with E-state index in [0.29, 0.717) is 46.3 Å². The Bertz CT molecular complexity index is 1470. The van der Waals surface area contributed by atoms with Crippen molar-refractivity contribution in [2.45, 2.75) is 19.0 Å². The Balaban J connectivity index is 1.51. The number of hydrogen-bond acceptors (Lipinski definition) is 6. The third-order valence-corrected chi connectivity index (χ3v) is 6.62. The number of aromatic nitrogens is 3. The molecule has 2 aromatic heterocycles. The van der Waals surface area contributed by atoms with E-state index in [2.05, 4.69) is 10.3 Å². The summed E-state index contributed by atoms with van der Waals surface area (Å²) in [5.74, 6) is 0.0774. The van der Waals surface area contributed by atoms with Crippen LogP contribution in [0.25, 0.3) is 11.3 Å². The van der Waals surface area contributed by atoms with E-state index < -0.39 is 0 Å². The number of nitrogens with one attached hydrogen (secondary N) is 1. The van der Waals surface area contributed by atoms with Gasteiger partial charge >= 0.3 is 0 Å². The van der Waals surface area contributed by atoms with Crippen LogP contribution in [0, 0.1) is 0 Å². The monoisotopic (exact) mass is 500 g/mol. The molecule has 1 aliphatic rings. The number of pyridine rings is 1. The fourth-order valence-corrected chi connectivity index (χ4v) is 4.62. The Morgan fingerprint density at radius 1 is 1.06 bits per heavy atom. The molecular formula is C27H25ClN6O2. The summed E-state index contributed by atoms with van der Waals surface area (Å²) >= 11 is 6.36. The van der Waals surface area contributed by atoms with Crippen molar-refractivity contribution in [3.05, 3.63) is 105 Å². The molecule has 4 aromatic rings. The zero-order valence-electron chi connectivity index (χ0n) is 19.7. The highest BCUT2D eigenvalue weighted by atomic mass is 35.5. The minimum Gasteiger partial charge on any atom is -0.354 e. The zero-order chi connectivity index (χ0) is 25.2. The first-order chi connectivity index (χ1) is 17.4. The second-order valence-electron chi connectivity index (χ2n) is 8.72. The van der Waals surface area contributed by atoms with Crippen molar-refractivity contribution < 1.29 is 4.79 Å². The van der Waals surface area contributed by atoms with Crippen molar-refractivity contribution in [3.63, 3.8) is 0 Å². The predicted molar refractivity (Wildman–Crippen MR) is 141 cm³/mol. The Morgan fingerprint density at radius 2 is 1.81 bits per heavy atom. The number of carbonyl (C=O) groups excluding carboxylic acids is 1. The van der Waals surface area contributed by atoms with E-state index in [-0.39, 0.29) is 29.7 Å². The summed E-state index contributed by atoms with van der Waals surface area (Å²) in [4.78, 5) is 37.3. The first kappa shape index (κ1) is 23.7. The van der Waals surface area contributed by atoms with Gasteiger partial charge in [0.1, 0.15) is 11.4 Å². The normalized spacial score (nSPS) is 13.5. The van der Waals surface area contributed by atoms with Crippen molar-refractivity contribution in [2.24, 2.45) is 12.8 Å². The highest BCUT2D eigenvalue weighted by molar-refractivity contribution is 6.32. The van der Waals surface area contributed by atoms with Gasteiger partial charge in [0.15, 0.2) is 0 Å². The zero-order valence-corrected chi connectivity index (χ0v) is 20.4. The number of nitrogens with zero attached hydrogens (tertiary/aromatic N) is 4. The largest absolute Gasteiger partial charge is 0.354 e. The van der Waals surface area contributed by atoms with Gasteiger partial charge in [0.2, 0.25) is 5.95 Å². The highest BCUT2D eigenvalue weighted by Crippen LogP contribution is 2.35. The molecule has 0 bridgehead atoms. The van der Waals surface area contributed by atoms with Crippen molar-refractivity contribution in [2.75, 3.05) is 16.8 Å². The minimum absolute atomic E-state index is 0.190. The van der Waals surface area contributed by atoms with Gasteiger partial charge in [-0.1, -0.05) is 48.0 Å². The Morgan fingerprint density at radius 3 is 2.53 bits per heavy atom. The van der Waals surface area contributed by atoms with Crippen LogP contribution in [0.3, 0.4) is 0 Å². The van der Waals surface area contributed by atoms with Gasteiger partial charge in [0, 0.05) is 53.7 Å². The average Bonchev–Trinajstić information content (AvgIpc) is 3.23. The average molecular weight is 501 g/mol. The smallest absolute Gasteiger partial charge is 0.279 e. The van der Waals surface area contributed by atoms with Crippen molar-refractivity contribution in [1.29, 1.82) is 0 Å². The van der Waals surface area contributed by atoms with Gasteiger partial charge in [-0.15, -0.1) is 0 Å². The van der Waals surface area contributed by atoms with Crippen LogP contribution in [0.15, 0.2) is 77.9 Å². The maximum atomic E-state index is 13.7. The lowest BCUT2D eigenvalue weighted by Crippen LogP contribution is -2.36. The maximum Gasteiger partial charge on any atom is 0.279 e. The second-order valence-corrected chi connectivity index (χ2v) is 9.13. The third kappa shape index (κ3) is 4.48. The van der Waals surface area contributed by atoms with E-state index in [1.54, 1.807) is 49.8 Å². The van der Waals surface area contributed by atoms with Crippen LogP contribution in [-0.4, -0.2) is 33.0 Å². The lowest BCUT2D eigenvalue weighted by molar-refractivity contribution is 0.0996. The molecule has 0 aliphatic carbocycles. The summed E-state index contributed by atoms with van der Waals surface area (Å²) in [5.41, 5.74) is 9.56. The molecule has 0 radical (unpaired) electrons. The number of halogens is 1. The number of nitrogens with two attached hydrogens (primary N) is 1. The van der Waals surface area contributed by atoms with Crippen LogP contribution in [-0.2, 0) is 20.0 Å². The molecule has 1 atom stereocenters. The number of benzene rings is 2. The summed E-state index contributed by atoms with van der Waals surface area (Å²) in [6.07, 6.45) is 3.93. The van der Waals surface area contributed by atoms with Crippen molar-refractivity contribution in [3.8, 4) is 11.3 Å². The molecule has 3 heterocycles. The van der Waals surface area contributed by atoms with Gasteiger partial charge in [-0.05, 0) is 36.2 Å². The molecule has 1 aliphatic heterocycles. The predicted octanol–water partition coefficient (Wildman–Crippen LogP) is 3.64. The van der Waals surface area contributed by atoms with E-state index in [9.17, 15) is 9.59 Å². The van der Waals surface area contributed by atoms with Gasteiger partial charge in [-0.3, -0.25) is 24.0 Å². The number of amides is 1. The SMILES string of the molecule is Cn1c(NC[C@H](N)Cc2ccccc2)nc(-c2ccncc2)c(N2Cc3c(Cl)cccc3C2=O)c1=O. The number of hydrogen-bond donors (Lipinski definition) is 2. The number of rotatable bonds is 7. The van der Waals surface area contributed by atoms with Gasteiger partial charge in [-0.25, -0.2) is 4.98 Å². The Hall–Kier alpha value is -4.01. The van der Waals surface area contributed by atoms with E-state index in [0.717, 1.165) is 5.56 Å². The van der Waals surface area contributed by atoms with Gasteiger partial charge < -0.3 is 11.1 Å². The third-order valence-electron chi connectivity index (χ3n) is 6.26. The number of anilines is 2. The molecule has 5 rings (SSSR count). The fourth-order valence-electron chi connectivity index (χ4n) is 4.39.